The molecule has 3 aromatic heterocycles. The quantitative estimate of drug-likeness (QED) is 0.425. The number of carbonyl (C=O) groups excluding carboxylic acids is 1. The first-order chi connectivity index (χ1) is 16.5. The zero-order chi connectivity index (χ0) is 25.3. The van der Waals surface area contributed by atoms with Gasteiger partial charge in [-0.25, -0.2) is 14.4 Å². The van der Waals surface area contributed by atoms with Gasteiger partial charge in [-0.2, -0.15) is 15.1 Å². The molecule has 12 heteroatoms. The Labute approximate surface area is 201 Å². The van der Waals surface area contributed by atoms with Gasteiger partial charge in [0.25, 0.3) is 0 Å². The number of amides is 1. The van der Waals surface area contributed by atoms with Crippen molar-refractivity contribution in [1.29, 1.82) is 0 Å². The van der Waals surface area contributed by atoms with Crippen LogP contribution in [0.25, 0.3) is 11.4 Å². The average molecular weight is 480 g/mol. The summed E-state index contributed by atoms with van der Waals surface area (Å²) in [6.07, 6.45) is 3.07. The second-order valence-electron chi connectivity index (χ2n) is 9.14. The predicted molar refractivity (Wildman–Crippen MR) is 125 cm³/mol. The van der Waals surface area contributed by atoms with Gasteiger partial charge < -0.3 is 15.2 Å². The molecule has 1 atom stereocenters. The SMILES string of the molecule is Cc1c(C(C)NC(=O)c2nc(C(C)(C)C)no2)ccc(-c2ncnc(Nc3ccn(C)n3)n2)c1F. The number of rotatable bonds is 6. The highest BCUT2D eigenvalue weighted by Gasteiger charge is 2.25. The predicted octanol–water partition coefficient (Wildman–Crippen LogP) is 3.63. The Balaban J connectivity index is 1.53. The maximum atomic E-state index is 15.4. The number of halogens is 1. The van der Waals surface area contributed by atoms with Gasteiger partial charge in [0.1, 0.15) is 12.1 Å². The molecule has 11 nitrogen and oxygen atoms in total. The molecule has 0 bridgehead atoms. The zero-order valence-electron chi connectivity index (χ0n) is 20.3. The van der Waals surface area contributed by atoms with Crippen LogP contribution in [0, 0.1) is 12.7 Å². The summed E-state index contributed by atoms with van der Waals surface area (Å²) in [4.78, 5) is 29.3. The molecule has 0 aliphatic carbocycles. The molecule has 0 aliphatic heterocycles. The number of hydrogen-bond donors (Lipinski definition) is 2. The smallest absolute Gasteiger partial charge is 0.315 e. The fourth-order valence-electron chi connectivity index (χ4n) is 3.38. The highest BCUT2D eigenvalue weighted by molar-refractivity contribution is 5.89. The summed E-state index contributed by atoms with van der Waals surface area (Å²) in [7, 11) is 1.79. The van der Waals surface area contributed by atoms with Gasteiger partial charge in [0.2, 0.25) is 5.95 Å². The van der Waals surface area contributed by atoms with Crippen LogP contribution in [0.1, 0.15) is 61.4 Å². The van der Waals surface area contributed by atoms with Crippen molar-refractivity contribution in [3.05, 3.63) is 59.4 Å². The molecular formula is C23H26FN9O2. The maximum absolute atomic E-state index is 15.4. The maximum Gasteiger partial charge on any atom is 0.315 e. The van der Waals surface area contributed by atoms with Crippen LogP contribution >= 0.6 is 0 Å². The van der Waals surface area contributed by atoms with Crippen molar-refractivity contribution in [3.63, 3.8) is 0 Å². The molecule has 3 heterocycles. The summed E-state index contributed by atoms with van der Waals surface area (Å²) in [6, 6.07) is 4.54. The third-order valence-corrected chi connectivity index (χ3v) is 5.30. The van der Waals surface area contributed by atoms with Crippen LogP contribution in [0.2, 0.25) is 0 Å². The van der Waals surface area contributed by atoms with Crippen LogP contribution in [0.15, 0.2) is 35.2 Å². The van der Waals surface area contributed by atoms with E-state index in [1.807, 2.05) is 20.8 Å². The minimum absolute atomic E-state index is 0.144. The van der Waals surface area contributed by atoms with E-state index in [1.165, 1.54) is 6.33 Å². The van der Waals surface area contributed by atoms with Crippen molar-refractivity contribution >= 4 is 17.7 Å². The first-order valence-electron chi connectivity index (χ1n) is 10.9. The van der Waals surface area contributed by atoms with Gasteiger partial charge >= 0.3 is 11.8 Å². The normalized spacial score (nSPS) is 12.4. The van der Waals surface area contributed by atoms with E-state index in [2.05, 4.69) is 40.8 Å². The van der Waals surface area contributed by atoms with Crippen LogP contribution in [-0.4, -0.2) is 40.8 Å². The largest absolute Gasteiger partial charge is 0.341 e. The number of carbonyl (C=O) groups is 1. The van der Waals surface area contributed by atoms with Gasteiger partial charge in [0, 0.05) is 24.7 Å². The second-order valence-corrected chi connectivity index (χ2v) is 9.14. The van der Waals surface area contributed by atoms with Gasteiger partial charge in [0.05, 0.1) is 11.6 Å². The molecule has 0 aliphatic rings. The van der Waals surface area contributed by atoms with Gasteiger partial charge in [0.15, 0.2) is 17.5 Å². The van der Waals surface area contributed by atoms with Crippen LogP contribution in [0.3, 0.4) is 0 Å². The Hall–Kier alpha value is -4.22. The lowest BCUT2D eigenvalue weighted by Gasteiger charge is -2.17. The Kier molecular flexibility index (Phi) is 6.29. The van der Waals surface area contributed by atoms with Crippen molar-refractivity contribution in [2.24, 2.45) is 7.05 Å². The Morgan fingerprint density at radius 3 is 2.60 bits per heavy atom. The fraction of sp³-hybridized carbons (Fsp3) is 0.348. The average Bonchev–Trinajstić information content (AvgIpc) is 3.45. The number of aromatic nitrogens is 7. The molecule has 0 saturated carbocycles. The summed E-state index contributed by atoms with van der Waals surface area (Å²) in [5.74, 6) is 0.217. The zero-order valence-corrected chi connectivity index (χ0v) is 20.3. The molecule has 1 unspecified atom stereocenters. The topological polar surface area (TPSA) is 137 Å². The van der Waals surface area contributed by atoms with Crippen LogP contribution in [0.4, 0.5) is 16.2 Å². The molecule has 0 fully saturated rings. The molecule has 182 valence electrons. The lowest BCUT2D eigenvalue weighted by molar-refractivity contribution is 0.0895. The molecule has 4 aromatic rings. The monoisotopic (exact) mass is 479 g/mol. The number of nitrogens with one attached hydrogen (secondary N) is 2. The summed E-state index contributed by atoms with van der Waals surface area (Å²) in [5, 5.41) is 13.8. The third kappa shape index (κ3) is 5.15. The van der Waals surface area contributed by atoms with Gasteiger partial charge in [-0.1, -0.05) is 32.0 Å². The highest BCUT2D eigenvalue weighted by atomic mass is 19.1. The van der Waals surface area contributed by atoms with Gasteiger partial charge in [-0.05, 0) is 31.0 Å². The molecule has 2 N–H and O–H groups in total. The Morgan fingerprint density at radius 2 is 1.94 bits per heavy atom. The van der Waals surface area contributed by atoms with Crippen molar-refractivity contribution in [2.45, 2.75) is 46.1 Å². The number of hydrogen-bond acceptors (Lipinski definition) is 9. The van der Waals surface area contributed by atoms with Crippen LogP contribution < -0.4 is 10.6 Å². The number of aryl methyl sites for hydroxylation is 1. The Morgan fingerprint density at radius 1 is 1.17 bits per heavy atom. The van der Waals surface area contributed by atoms with Crippen molar-refractivity contribution in [2.75, 3.05) is 5.32 Å². The molecule has 0 radical (unpaired) electrons. The standard InChI is InChI=1S/C23H26FN9O2/c1-12-14(13(2)27-19(34)20-30-21(32-35-20)23(3,4)5)7-8-15(17(12)24)18-25-11-26-22(29-18)28-16-9-10-33(6)31-16/h7-11,13H,1-6H3,(H,27,34)(H,25,26,28,29,31). The molecule has 0 spiro atoms. The number of nitrogens with zero attached hydrogens (tertiary/aromatic N) is 7. The molecule has 0 saturated heterocycles. The van der Waals surface area contributed by atoms with E-state index in [0.29, 0.717) is 22.8 Å². The van der Waals surface area contributed by atoms with E-state index in [4.69, 9.17) is 4.52 Å². The van der Waals surface area contributed by atoms with Crippen LogP contribution in [-0.2, 0) is 12.5 Å². The highest BCUT2D eigenvalue weighted by Crippen LogP contribution is 2.28. The molecule has 4 rings (SSSR count). The summed E-state index contributed by atoms with van der Waals surface area (Å²) in [5.41, 5.74) is 0.806. The number of anilines is 2. The van der Waals surface area contributed by atoms with Gasteiger partial charge in [-0.15, -0.1) is 0 Å². The second kappa shape index (κ2) is 9.20. The molecule has 35 heavy (non-hydrogen) atoms. The minimum atomic E-state index is -0.535. The first-order valence-corrected chi connectivity index (χ1v) is 10.9. The van der Waals surface area contributed by atoms with Gasteiger partial charge in [-0.3, -0.25) is 9.48 Å². The molecule has 1 aromatic carbocycles. The molecule has 1 amide bonds. The van der Waals surface area contributed by atoms with E-state index >= 15 is 4.39 Å². The van der Waals surface area contributed by atoms with Crippen molar-refractivity contribution < 1.29 is 13.7 Å². The van der Waals surface area contributed by atoms with E-state index in [0.717, 1.165) is 0 Å². The van der Waals surface area contributed by atoms with E-state index in [9.17, 15) is 4.79 Å². The minimum Gasteiger partial charge on any atom is -0.341 e. The van der Waals surface area contributed by atoms with E-state index in [1.54, 1.807) is 50.0 Å². The third-order valence-electron chi connectivity index (χ3n) is 5.30. The summed E-state index contributed by atoms with van der Waals surface area (Å²) < 4.78 is 22.1. The summed E-state index contributed by atoms with van der Waals surface area (Å²) in [6.45, 7) is 9.13. The number of benzene rings is 1. The fourth-order valence-corrected chi connectivity index (χ4v) is 3.38. The summed E-state index contributed by atoms with van der Waals surface area (Å²) >= 11 is 0. The lowest BCUT2D eigenvalue weighted by Crippen LogP contribution is -2.28. The van der Waals surface area contributed by atoms with Crippen molar-refractivity contribution in [1.82, 2.24) is 40.2 Å². The van der Waals surface area contributed by atoms with Crippen molar-refractivity contribution in [3.8, 4) is 11.4 Å². The molecular weight excluding hydrogens is 453 g/mol. The van der Waals surface area contributed by atoms with Crippen LogP contribution in [0.5, 0.6) is 0 Å². The van der Waals surface area contributed by atoms with E-state index < -0.39 is 17.8 Å². The first kappa shape index (κ1) is 23.9. The van der Waals surface area contributed by atoms with E-state index in [-0.39, 0.29) is 28.6 Å². The Bertz CT molecular complexity index is 1370. The lowest BCUT2D eigenvalue weighted by atomic mass is 9.96.